The van der Waals surface area contributed by atoms with Crippen molar-refractivity contribution in [3.63, 3.8) is 0 Å². The number of thiocarbonyl (C=S) groups is 1. The highest BCUT2D eigenvalue weighted by atomic mass is 32.1. The van der Waals surface area contributed by atoms with E-state index in [1.165, 1.54) is 23.6 Å². The number of ether oxygens (including phenoxy) is 1. The van der Waals surface area contributed by atoms with E-state index < -0.39 is 11.7 Å². The van der Waals surface area contributed by atoms with Crippen LogP contribution in [-0.2, 0) is 32.4 Å². The summed E-state index contributed by atoms with van der Waals surface area (Å²) in [5.41, 5.74) is 13.2. The summed E-state index contributed by atoms with van der Waals surface area (Å²) in [6.45, 7) is 7.38. The number of rotatable bonds is 9. The zero-order valence-corrected chi connectivity index (χ0v) is 41.2. The van der Waals surface area contributed by atoms with Crippen LogP contribution in [0.15, 0.2) is 96.1 Å². The molecule has 71 heavy (non-hydrogen) atoms. The van der Waals surface area contributed by atoms with Gasteiger partial charge in [-0.05, 0) is 115 Å². The van der Waals surface area contributed by atoms with Gasteiger partial charge in [-0.15, -0.1) is 0 Å². The number of fused-ring (bicyclic) bond motifs is 1. The second kappa shape index (κ2) is 21.6. The minimum atomic E-state index is -4.55. The van der Waals surface area contributed by atoms with Gasteiger partial charge in [0.1, 0.15) is 17.3 Å². The number of halogens is 3. The number of likely N-dealkylation sites (tertiary alicyclic amines) is 3. The highest BCUT2D eigenvalue weighted by molar-refractivity contribution is 7.78. The van der Waals surface area contributed by atoms with Crippen LogP contribution < -0.4 is 21.1 Å². The molecule has 3 aliphatic heterocycles. The maximum absolute atomic E-state index is 13.7. The average molecular weight is 989 g/mol. The Morgan fingerprint density at radius 3 is 1.86 bits per heavy atom. The number of nitrogens with one attached hydrogen (secondary N) is 2. The first-order chi connectivity index (χ1) is 33.6. The number of alkyl halides is 3. The average Bonchev–Trinajstić information content (AvgIpc) is 4.03. The van der Waals surface area contributed by atoms with Crippen molar-refractivity contribution in [1.82, 2.24) is 29.2 Å². The summed E-state index contributed by atoms with van der Waals surface area (Å²) in [5, 5.41) is 7.99. The van der Waals surface area contributed by atoms with Gasteiger partial charge in [0.25, 0.3) is 0 Å². The van der Waals surface area contributed by atoms with E-state index in [-0.39, 0.29) is 47.6 Å². The number of anilines is 4. The van der Waals surface area contributed by atoms with E-state index in [0.717, 1.165) is 53.3 Å². The van der Waals surface area contributed by atoms with E-state index >= 15 is 0 Å². The Hall–Kier alpha value is -7.63. The SMILES string of the molecule is CC(=O)Nc1cc(Oc2ccc3nc(Nc4cc(C5CC(=O)N(C)C5)cc(C(F)(F)F)c4)n(C)c3c2)ccn1.Cc1cc(N)cc(C2CC(=O)N(C)C2)c1.Cc1cc(N=C=S)cc(C2CC(=O)N(C)C2)c1. The number of nitrogens with zero attached hydrogens (tertiary/aromatic N) is 7. The van der Waals surface area contributed by atoms with Gasteiger partial charge in [0, 0.05) is 121 Å². The van der Waals surface area contributed by atoms with Crippen molar-refractivity contribution >= 4 is 80.9 Å². The van der Waals surface area contributed by atoms with Gasteiger partial charge >= 0.3 is 6.18 Å². The lowest BCUT2D eigenvalue weighted by Gasteiger charge is -2.17. The predicted molar refractivity (Wildman–Crippen MR) is 270 cm³/mol. The fourth-order valence-electron chi connectivity index (χ4n) is 8.94. The second-order valence-electron chi connectivity index (χ2n) is 18.3. The Kier molecular flexibility index (Phi) is 15.6. The minimum absolute atomic E-state index is 0.0987. The van der Waals surface area contributed by atoms with Crippen molar-refractivity contribution in [2.75, 3.05) is 57.1 Å². The van der Waals surface area contributed by atoms with Crippen LogP contribution in [-0.4, -0.2) is 98.8 Å². The normalized spacial score (nSPS) is 17.6. The Morgan fingerprint density at radius 2 is 1.32 bits per heavy atom. The Morgan fingerprint density at radius 1 is 0.761 bits per heavy atom. The van der Waals surface area contributed by atoms with E-state index in [0.29, 0.717) is 65.2 Å². The molecule has 4 N–H and O–H groups in total. The van der Waals surface area contributed by atoms with Crippen LogP contribution in [0, 0.1) is 13.8 Å². The van der Waals surface area contributed by atoms with Crippen molar-refractivity contribution in [3.8, 4) is 11.5 Å². The van der Waals surface area contributed by atoms with Crippen molar-refractivity contribution in [3.05, 3.63) is 125 Å². The molecule has 9 rings (SSSR count). The smallest absolute Gasteiger partial charge is 0.416 e. The molecule has 370 valence electrons. The topological polar surface area (TPSA) is 180 Å². The molecular formula is C52H55F3N10O5S. The van der Waals surface area contributed by atoms with Crippen LogP contribution >= 0.6 is 12.2 Å². The summed E-state index contributed by atoms with van der Waals surface area (Å²) in [4.78, 5) is 63.9. The number of nitrogen functional groups attached to an aromatic ring is 1. The zero-order chi connectivity index (χ0) is 51.3. The largest absolute Gasteiger partial charge is 0.457 e. The Balaban J connectivity index is 0.000000189. The molecule has 2 aromatic heterocycles. The number of benzene rings is 4. The molecule has 4 aromatic carbocycles. The highest BCUT2D eigenvalue weighted by Gasteiger charge is 2.35. The molecule has 6 aromatic rings. The molecule has 3 aliphatic rings. The fourth-order valence-corrected chi connectivity index (χ4v) is 9.05. The van der Waals surface area contributed by atoms with Gasteiger partial charge in [-0.2, -0.15) is 18.2 Å². The molecule has 0 bridgehead atoms. The number of carbonyl (C=O) groups is 4. The number of hydrogen-bond acceptors (Lipinski definition) is 11. The van der Waals surface area contributed by atoms with Crippen LogP contribution in [0.5, 0.6) is 11.5 Å². The lowest BCUT2D eigenvalue weighted by Crippen LogP contribution is -2.18. The van der Waals surface area contributed by atoms with Crippen LogP contribution in [0.2, 0.25) is 0 Å². The lowest BCUT2D eigenvalue weighted by atomic mass is 9.95. The van der Waals surface area contributed by atoms with Gasteiger partial charge in [-0.25, -0.2) is 9.97 Å². The molecule has 19 heteroatoms. The lowest BCUT2D eigenvalue weighted by molar-refractivity contribution is -0.137. The predicted octanol–water partition coefficient (Wildman–Crippen LogP) is 9.63. The molecule has 0 spiro atoms. The summed E-state index contributed by atoms with van der Waals surface area (Å²) in [5.74, 6) is 1.96. The molecule has 0 radical (unpaired) electrons. The number of carbonyl (C=O) groups excluding carboxylic acids is 4. The van der Waals surface area contributed by atoms with E-state index in [1.807, 2.05) is 52.2 Å². The first-order valence-electron chi connectivity index (χ1n) is 22.8. The van der Waals surface area contributed by atoms with Gasteiger partial charge < -0.3 is 40.4 Å². The minimum Gasteiger partial charge on any atom is -0.457 e. The van der Waals surface area contributed by atoms with E-state index in [9.17, 15) is 32.3 Å². The number of pyridine rings is 1. The number of imidazole rings is 1. The van der Waals surface area contributed by atoms with Crippen molar-refractivity contribution in [2.45, 2.75) is 64.0 Å². The monoisotopic (exact) mass is 988 g/mol. The third-order valence-electron chi connectivity index (χ3n) is 12.5. The maximum atomic E-state index is 13.7. The molecule has 4 amide bonds. The molecule has 5 heterocycles. The molecule has 0 aliphatic carbocycles. The molecular weight excluding hydrogens is 934 g/mol. The standard InChI is InChI=1S/C27H25F3N6O3.C13H14N2OS.C12H16N2O/c1-15(37)32-24-13-21(6-7-31-24)39-20-4-5-22-23(12-20)36(3)26(34-22)33-19-9-16(8-18(11-19)27(28,29)30)17-10-25(38)35(2)14-17;1-9-3-10(5-12(4-9)14-8-17)11-6-13(16)15(2)7-11;1-8-3-9(5-11(13)4-8)10-6-12(15)14(2)7-10/h4-9,11-13,17H,10,14H2,1-3H3,(H,33,34)(H,31,32,37);3-5,11H,6-7H2,1-2H3;3-5,10H,6-7,13H2,1-2H3. The van der Waals surface area contributed by atoms with Gasteiger partial charge in [-0.1, -0.05) is 12.1 Å². The second-order valence-corrected chi connectivity index (χ2v) is 18.5. The number of nitrogens with two attached hydrogens (primary N) is 1. The quantitative estimate of drug-likeness (QED) is 0.0717. The molecule has 3 unspecified atom stereocenters. The van der Waals surface area contributed by atoms with Gasteiger partial charge in [0.2, 0.25) is 29.6 Å². The van der Waals surface area contributed by atoms with E-state index in [1.54, 1.807) is 64.9 Å². The van der Waals surface area contributed by atoms with Gasteiger partial charge in [0.15, 0.2) is 0 Å². The number of aryl methyl sites for hydroxylation is 3. The van der Waals surface area contributed by atoms with E-state index in [2.05, 4.69) is 55.1 Å². The summed E-state index contributed by atoms with van der Waals surface area (Å²) in [6, 6.07) is 24.3. The summed E-state index contributed by atoms with van der Waals surface area (Å²) >= 11 is 4.61. The summed E-state index contributed by atoms with van der Waals surface area (Å²) in [6.07, 6.45) is -1.68. The van der Waals surface area contributed by atoms with Crippen LogP contribution in [0.3, 0.4) is 0 Å². The first-order valence-corrected chi connectivity index (χ1v) is 23.2. The van der Waals surface area contributed by atoms with Crippen LogP contribution in [0.4, 0.5) is 42.0 Å². The maximum Gasteiger partial charge on any atom is 0.416 e. The van der Waals surface area contributed by atoms with Crippen LogP contribution in [0.25, 0.3) is 11.0 Å². The number of hydrogen-bond donors (Lipinski definition) is 3. The van der Waals surface area contributed by atoms with Gasteiger partial charge in [-0.3, -0.25) is 19.2 Å². The van der Waals surface area contributed by atoms with Gasteiger partial charge in [0.05, 0.1) is 27.4 Å². The molecule has 3 atom stereocenters. The molecule has 15 nitrogen and oxygen atoms in total. The third kappa shape index (κ3) is 13.0. The summed E-state index contributed by atoms with van der Waals surface area (Å²) < 4.78 is 48.8. The molecule has 3 fully saturated rings. The fraction of sp³-hybridized carbons (Fsp3) is 0.327. The van der Waals surface area contributed by atoms with E-state index in [4.69, 9.17) is 10.5 Å². The summed E-state index contributed by atoms with van der Waals surface area (Å²) in [7, 11) is 7.07. The first kappa shape index (κ1) is 51.2. The number of aliphatic imine (C=N–C) groups is 1. The number of aromatic nitrogens is 3. The Labute approximate surface area is 414 Å². The number of likely N-dealkylation sites (N-methyl/N-ethyl adjacent to an activating group) is 3. The van der Waals surface area contributed by atoms with Crippen molar-refractivity contribution in [1.29, 1.82) is 0 Å². The van der Waals surface area contributed by atoms with Crippen LogP contribution in [0.1, 0.15) is 77.3 Å². The third-order valence-corrected chi connectivity index (χ3v) is 12.6. The Bertz CT molecular complexity index is 3040. The highest BCUT2D eigenvalue weighted by Crippen LogP contribution is 2.38. The zero-order valence-electron chi connectivity index (χ0n) is 40.4. The number of amides is 4. The molecule has 3 saturated heterocycles. The van der Waals surface area contributed by atoms with Crippen molar-refractivity contribution < 1.29 is 37.1 Å². The van der Waals surface area contributed by atoms with Crippen molar-refractivity contribution in [2.24, 2.45) is 12.0 Å². The number of isothiocyanates is 1. The molecule has 0 saturated carbocycles.